The van der Waals surface area contributed by atoms with Crippen molar-refractivity contribution in [3.63, 3.8) is 0 Å². The lowest BCUT2D eigenvalue weighted by atomic mass is 10.0. The number of methoxy groups -OCH3 is 2. The van der Waals surface area contributed by atoms with Gasteiger partial charge in [-0.15, -0.1) is 0 Å². The van der Waals surface area contributed by atoms with Crippen LogP contribution in [0.2, 0.25) is 0 Å². The molecular weight excluding hydrogens is 532 g/mol. The van der Waals surface area contributed by atoms with Crippen LogP contribution < -0.4 is 14.8 Å². The zero-order valence-electron chi connectivity index (χ0n) is 21.7. The Morgan fingerprint density at radius 3 is 2.22 bits per heavy atom. The van der Waals surface area contributed by atoms with Crippen LogP contribution in [-0.2, 0) is 29.0 Å². The summed E-state index contributed by atoms with van der Waals surface area (Å²) in [5.41, 5.74) is 2.93. The molecule has 0 saturated heterocycles. The molecule has 3 aromatic carbocycles. The van der Waals surface area contributed by atoms with Crippen LogP contribution in [0.3, 0.4) is 0 Å². The average Bonchev–Trinajstić information content (AvgIpc) is 2.93. The molecule has 0 bridgehead atoms. The number of rotatable bonds is 13. The van der Waals surface area contributed by atoms with Crippen LogP contribution in [0.5, 0.6) is 11.5 Å². The normalized spacial score (nSPS) is 11.5. The zero-order valence-corrected chi connectivity index (χ0v) is 23.3. The molecule has 0 radical (unpaired) electrons. The molecule has 3 aromatic rings. The maximum absolute atomic E-state index is 13.8. The summed E-state index contributed by atoms with van der Waals surface area (Å²) in [4.78, 5) is 28.9. The lowest BCUT2D eigenvalue weighted by Gasteiger charge is -2.31. The highest BCUT2D eigenvalue weighted by Gasteiger charge is 2.30. The van der Waals surface area contributed by atoms with Crippen molar-refractivity contribution in [1.82, 2.24) is 10.2 Å². The highest BCUT2D eigenvalue weighted by molar-refractivity contribution is 9.10. The van der Waals surface area contributed by atoms with Gasteiger partial charge in [0.2, 0.25) is 11.8 Å². The molecule has 0 aliphatic rings. The standard InChI is InChI=1S/C30H35BrN2O4/c1-4-18-32-30(35)26(19-22-8-6-5-7-9-22)33(21-24-10-14-25(31)15-11-24)29(34)17-13-23-12-16-27(36-2)28(20-23)37-3/h5-12,14-16,20,26H,4,13,17-19,21H2,1-3H3,(H,32,35). The lowest BCUT2D eigenvalue weighted by molar-refractivity contribution is -0.141. The van der Waals surface area contributed by atoms with Gasteiger partial charge in [0.15, 0.2) is 11.5 Å². The van der Waals surface area contributed by atoms with Crippen LogP contribution in [0, 0.1) is 0 Å². The van der Waals surface area contributed by atoms with Crippen LogP contribution in [0.15, 0.2) is 77.3 Å². The molecule has 0 saturated carbocycles. The van der Waals surface area contributed by atoms with E-state index in [9.17, 15) is 9.59 Å². The summed E-state index contributed by atoms with van der Waals surface area (Å²) in [5, 5.41) is 3.01. The largest absolute Gasteiger partial charge is 0.493 e. The summed E-state index contributed by atoms with van der Waals surface area (Å²) in [6.07, 6.45) is 2.04. The number of halogens is 1. The van der Waals surface area contributed by atoms with Gasteiger partial charge in [0.05, 0.1) is 14.2 Å². The fourth-order valence-electron chi connectivity index (χ4n) is 4.14. The molecule has 2 amide bonds. The SMILES string of the molecule is CCCNC(=O)C(Cc1ccccc1)N(Cc1ccc(Br)cc1)C(=O)CCc1ccc(OC)c(OC)c1. The van der Waals surface area contributed by atoms with E-state index in [2.05, 4.69) is 21.2 Å². The quantitative estimate of drug-likeness (QED) is 0.294. The maximum atomic E-state index is 13.8. The Morgan fingerprint density at radius 2 is 1.57 bits per heavy atom. The van der Waals surface area contributed by atoms with Crippen LogP contribution in [-0.4, -0.2) is 43.5 Å². The highest BCUT2D eigenvalue weighted by Crippen LogP contribution is 2.28. The van der Waals surface area contributed by atoms with Gasteiger partial charge in [0.1, 0.15) is 6.04 Å². The fourth-order valence-corrected chi connectivity index (χ4v) is 4.40. The number of amides is 2. The van der Waals surface area contributed by atoms with E-state index in [1.54, 1.807) is 19.1 Å². The molecular formula is C30H35BrN2O4. The van der Waals surface area contributed by atoms with E-state index in [-0.39, 0.29) is 18.2 Å². The summed E-state index contributed by atoms with van der Waals surface area (Å²) in [7, 11) is 3.19. The van der Waals surface area contributed by atoms with Gasteiger partial charge in [-0.1, -0.05) is 71.4 Å². The molecule has 7 heteroatoms. The second kappa shape index (κ2) is 14.4. The van der Waals surface area contributed by atoms with Gasteiger partial charge >= 0.3 is 0 Å². The number of aryl methyl sites for hydroxylation is 1. The van der Waals surface area contributed by atoms with Gasteiger partial charge in [0, 0.05) is 30.4 Å². The second-order valence-corrected chi connectivity index (χ2v) is 9.75. The zero-order chi connectivity index (χ0) is 26.6. The number of benzene rings is 3. The molecule has 0 aromatic heterocycles. The predicted octanol–water partition coefficient (Wildman–Crippen LogP) is 5.57. The third kappa shape index (κ3) is 8.35. The predicted molar refractivity (Wildman–Crippen MR) is 150 cm³/mol. The van der Waals surface area contributed by atoms with E-state index in [0.29, 0.717) is 37.4 Å². The topological polar surface area (TPSA) is 67.9 Å². The Bertz CT molecular complexity index is 1150. The van der Waals surface area contributed by atoms with Crippen molar-refractivity contribution in [3.8, 4) is 11.5 Å². The van der Waals surface area contributed by atoms with E-state index in [4.69, 9.17) is 9.47 Å². The molecule has 0 aliphatic heterocycles. The van der Waals surface area contributed by atoms with E-state index >= 15 is 0 Å². The molecule has 1 N–H and O–H groups in total. The van der Waals surface area contributed by atoms with E-state index in [0.717, 1.165) is 27.6 Å². The molecule has 3 rings (SSSR count). The smallest absolute Gasteiger partial charge is 0.243 e. The second-order valence-electron chi connectivity index (χ2n) is 8.83. The summed E-state index contributed by atoms with van der Waals surface area (Å²) in [5.74, 6) is 1.05. The third-order valence-electron chi connectivity index (χ3n) is 6.16. The monoisotopic (exact) mass is 566 g/mol. The van der Waals surface area contributed by atoms with Gasteiger partial charge in [-0.3, -0.25) is 9.59 Å². The number of nitrogens with one attached hydrogen (secondary N) is 1. The van der Waals surface area contributed by atoms with Crippen molar-refractivity contribution < 1.29 is 19.1 Å². The van der Waals surface area contributed by atoms with Crippen LogP contribution in [0.1, 0.15) is 36.5 Å². The van der Waals surface area contributed by atoms with Crippen molar-refractivity contribution in [3.05, 3.63) is 94.0 Å². The molecule has 0 aliphatic carbocycles. The molecule has 0 heterocycles. The Morgan fingerprint density at radius 1 is 0.892 bits per heavy atom. The van der Waals surface area contributed by atoms with Crippen LogP contribution in [0.4, 0.5) is 0 Å². The summed E-state index contributed by atoms with van der Waals surface area (Å²) < 4.78 is 11.7. The minimum atomic E-state index is -0.629. The Labute approximate surface area is 228 Å². The fraction of sp³-hybridized carbons (Fsp3) is 0.333. The van der Waals surface area contributed by atoms with Crippen molar-refractivity contribution in [2.75, 3.05) is 20.8 Å². The van der Waals surface area contributed by atoms with E-state index in [1.807, 2.05) is 79.7 Å². The van der Waals surface area contributed by atoms with Gasteiger partial charge in [0.25, 0.3) is 0 Å². The Hall–Kier alpha value is -3.32. The maximum Gasteiger partial charge on any atom is 0.243 e. The Balaban J connectivity index is 1.88. The number of carbonyl (C=O) groups excluding carboxylic acids is 2. The number of hydrogen-bond donors (Lipinski definition) is 1. The highest BCUT2D eigenvalue weighted by atomic mass is 79.9. The van der Waals surface area contributed by atoms with Crippen LogP contribution in [0.25, 0.3) is 0 Å². The van der Waals surface area contributed by atoms with Gasteiger partial charge in [-0.2, -0.15) is 0 Å². The molecule has 1 atom stereocenters. The first-order chi connectivity index (χ1) is 17.9. The number of carbonyl (C=O) groups is 2. The summed E-state index contributed by atoms with van der Waals surface area (Å²) >= 11 is 3.47. The van der Waals surface area contributed by atoms with Crippen LogP contribution >= 0.6 is 15.9 Å². The number of ether oxygens (including phenoxy) is 2. The Kier molecular flexibility index (Phi) is 11.0. The summed E-state index contributed by atoms with van der Waals surface area (Å²) in [6.45, 7) is 2.92. The van der Waals surface area contributed by atoms with Crippen molar-refractivity contribution in [1.29, 1.82) is 0 Å². The van der Waals surface area contributed by atoms with Gasteiger partial charge in [-0.25, -0.2) is 0 Å². The molecule has 6 nitrogen and oxygen atoms in total. The average molecular weight is 568 g/mol. The molecule has 37 heavy (non-hydrogen) atoms. The third-order valence-corrected chi connectivity index (χ3v) is 6.69. The minimum absolute atomic E-state index is 0.0784. The van der Waals surface area contributed by atoms with Gasteiger partial charge in [-0.05, 0) is 53.8 Å². The first kappa shape index (κ1) is 28.3. The van der Waals surface area contributed by atoms with Gasteiger partial charge < -0.3 is 19.7 Å². The minimum Gasteiger partial charge on any atom is -0.493 e. The van der Waals surface area contributed by atoms with Crippen molar-refractivity contribution >= 4 is 27.7 Å². The van der Waals surface area contributed by atoms with Crippen molar-refractivity contribution in [2.24, 2.45) is 0 Å². The van der Waals surface area contributed by atoms with E-state index in [1.165, 1.54) is 0 Å². The van der Waals surface area contributed by atoms with E-state index < -0.39 is 6.04 Å². The van der Waals surface area contributed by atoms with Crippen molar-refractivity contribution in [2.45, 2.75) is 45.2 Å². The molecule has 0 spiro atoms. The first-order valence-electron chi connectivity index (χ1n) is 12.5. The molecule has 1 unspecified atom stereocenters. The first-order valence-corrected chi connectivity index (χ1v) is 13.3. The number of hydrogen-bond acceptors (Lipinski definition) is 4. The lowest BCUT2D eigenvalue weighted by Crippen LogP contribution is -2.50. The summed E-state index contributed by atoms with van der Waals surface area (Å²) in [6, 6.07) is 22.7. The molecule has 0 fully saturated rings. The number of nitrogens with zero attached hydrogens (tertiary/aromatic N) is 1. The molecule has 196 valence electrons.